The van der Waals surface area contributed by atoms with E-state index in [-0.39, 0.29) is 23.5 Å². The molecule has 3 heterocycles. The van der Waals surface area contributed by atoms with E-state index in [1.54, 1.807) is 0 Å². The summed E-state index contributed by atoms with van der Waals surface area (Å²) in [5.41, 5.74) is 1.05. The van der Waals surface area contributed by atoms with Crippen LogP contribution in [-0.4, -0.2) is 52.8 Å². The first kappa shape index (κ1) is 27.0. The second kappa shape index (κ2) is 11.4. The minimum absolute atomic E-state index is 0.136. The summed E-state index contributed by atoms with van der Waals surface area (Å²) in [6, 6.07) is 12.8. The van der Waals surface area contributed by atoms with Crippen LogP contribution in [0, 0.1) is 0 Å². The number of halogens is 3. The standard InChI is InChI=1S/C23H30N2O2S.C2HF3O2/c1-17(2)24-22(26)14-18-15-23(27-21-8-4-3-7-20(18)21)9-11-25(12-10-23)16-19-6-5-13-28-19;3-2(4,5)1(6)7/h3-8,13,17-18H,9-12,14-16H2,1-2H3,(H,24,26);(H,6,7). The van der Waals surface area contributed by atoms with E-state index >= 15 is 0 Å². The lowest BCUT2D eigenvalue weighted by atomic mass is 9.76. The molecule has 0 bridgehead atoms. The summed E-state index contributed by atoms with van der Waals surface area (Å²) in [6.07, 6.45) is -1.56. The smallest absolute Gasteiger partial charge is 0.487 e. The summed E-state index contributed by atoms with van der Waals surface area (Å²) in [7, 11) is 0. The zero-order valence-corrected chi connectivity index (χ0v) is 20.6. The van der Waals surface area contributed by atoms with Gasteiger partial charge in [-0.15, -0.1) is 11.3 Å². The number of benzene rings is 1. The van der Waals surface area contributed by atoms with Crippen LogP contribution in [0.3, 0.4) is 0 Å². The number of nitrogens with one attached hydrogen (secondary N) is 1. The van der Waals surface area contributed by atoms with Gasteiger partial charge in [0.1, 0.15) is 11.4 Å². The van der Waals surface area contributed by atoms with Gasteiger partial charge in [0.25, 0.3) is 0 Å². The highest BCUT2D eigenvalue weighted by Crippen LogP contribution is 2.46. The molecule has 2 aromatic rings. The lowest BCUT2D eigenvalue weighted by Crippen LogP contribution is -2.50. The molecule has 1 aromatic carbocycles. The van der Waals surface area contributed by atoms with E-state index in [9.17, 15) is 18.0 Å². The molecule has 1 fully saturated rings. The quantitative estimate of drug-likeness (QED) is 0.576. The number of hydrogen-bond acceptors (Lipinski definition) is 5. The van der Waals surface area contributed by atoms with Crippen LogP contribution in [0.2, 0.25) is 0 Å². The maximum Gasteiger partial charge on any atom is 0.490 e. The van der Waals surface area contributed by atoms with E-state index in [1.165, 1.54) is 10.4 Å². The molecule has 2 aliphatic rings. The minimum atomic E-state index is -5.08. The number of carboxylic acid groups (broad SMARTS) is 1. The third-order valence-corrected chi connectivity index (χ3v) is 7.02. The van der Waals surface area contributed by atoms with Gasteiger partial charge in [-0.3, -0.25) is 9.69 Å². The van der Waals surface area contributed by atoms with E-state index in [0.29, 0.717) is 6.42 Å². The Balaban J connectivity index is 0.000000429. The second-order valence-electron chi connectivity index (χ2n) is 9.31. The largest absolute Gasteiger partial charge is 0.490 e. The van der Waals surface area contributed by atoms with Crippen LogP contribution in [0.25, 0.3) is 0 Å². The SMILES string of the molecule is CC(C)NC(=O)CC1CC2(CCN(Cc3cccs3)CC2)Oc2ccccc21.O=C(O)C(F)(F)F. The molecule has 1 amide bonds. The molecular weight excluding hydrogens is 481 g/mol. The van der Waals surface area contributed by atoms with Crippen molar-refractivity contribution in [3.8, 4) is 5.75 Å². The van der Waals surface area contributed by atoms with E-state index in [0.717, 1.165) is 44.6 Å². The van der Waals surface area contributed by atoms with Crippen LogP contribution in [-0.2, 0) is 16.1 Å². The Morgan fingerprint density at radius 3 is 2.43 bits per heavy atom. The third-order valence-electron chi connectivity index (χ3n) is 6.15. The van der Waals surface area contributed by atoms with Crippen molar-refractivity contribution in [1.82, 2.24) is 10.2 Å². The highest BCUT2D eigenvalue weighted by atomic mass is 32.1. The normalized spacial score (nSPS) is 19.3. The van der Waals surface area contributed by atoms with Crippen molar-refractivity contribution >= 4 is 23.2 Å². The molecule has 0 radical (unpaired) electrons. The average Bonchev–Trinajstić information content (AvgIpc) is 3.28. The second-order valence-corrected chi connectivity index (χ2v) is 10.3. The number of alkyl halides is 3. The minimum Gasteiger partial charge on any atom is -0.487 e. The maximum absolute atomic E-state index is 12.5. The Morgan fingerprint density at radius 1 is 1.20 bits per heavy atom. The van der Waals surface area contributed by atoms with Gasteiger partial charge in [0.05, 0.1) is 0 Å². The molecule has 1 unspecified atom stereocenters. The van der Waals surface area contributed by atoms with Crippen LogP contribution in [0.4, 0.5) is 13.2 Å². The van der Waals surface area contributed by atoms with Crippen molar-refractivity contribution < 1.29 is 32.6 Å². The van der Waals surface area contributed by atoms with Crippen molar-refractivity contribution in [2.24, 2.45) is 0 Å². The lowest BCUT2D eigenvalue weighted by Gasteiger charge is -2.47. The summed E-state index contributed by atoms with van der Waals surface area (Å²) in [5.74, 6) is -1.41. The van der Waals surface area contributed by atoms with Gasteiger partial charge in [-0.2, -0.15) is 13.2 Å². The molecule has 10 heteroatoms. The number of likely N-dealkylation sites (tertiary alicyclic amines) is 1. The fraction of sp³-hybridized carbons (Fsp3) is 0.520. The average molecular weight is 513 g/mol. The van der Waals surface area contributed by atoms with Crippen LogP contribution >= 0.6 is 11.3 Å². The topological polar surface area (TPSA) is 78.9 Å². The van der Waals surface area contributed by atoms with E-state index in [1.807, 2.05) is 31.3 Å². The number of aliphatic carboxylic acids is 1. The van der Waals surface area contributed by atoms with Gasteiger partial charge in [-0.25, -0.2) is 4.79 Å². The Labute approximate surface area is 207 Å². The van der Waals surface area contributed by atoms with E-state index in [2.05, 4.69) is 45.9 Å². The van der Waals surface area contributed by atoms with Crippen LogP contribution in [0.1, 0.15) is 55.9 Å². The highest BCUT2D eigenvalue weighted by Gasteiger charge is 2.43. The molecule has 192 valence electrons. The number of carbonyl (C=O) groups excluding carboxylic acids is 1. The molecule has 2 N–H and O–H groups in total. The van der Waals surface area contributed by atoms with Crippen LogP contribution in [0.15, 0.2) is 41.8 Å². The van der Waals surface area contributed by atoms with Crippen molar-refractivity contribution in [2.75, 3.05) is 13.1 Å². The van der Waals surface area contributed by atoms with E-state index in [4.69, 9.17) is 14.6 Å². The highest BCUT2D eigenvalue weighted by molar-refractivity contribution is 7.09. The Morgan fingerprint density at radius 2 is 1.86 bits per heavy atom. The number of rotatable bonds is 5. The van der Waals surface area contributed by atoms with Gasteiger partial charge in [0.2, 0.25) is 5.91 Å². The Kier molecular flexibility index (Phi) is 8.82. The first-order valence-corrected chi connectivity index (χ1v) is 12.5. The molecule has 1 atom stereocenters. The number of carboxylic acids is 1. The fourth-order valence-electron chi connectivity index (χ4n) is 4.58. The summed E-state index contributed by atoms with van der Waals surface area (Å²) in [4.78, 5) is 25.3. The number of amides is 1. The van der Waals surface area contributed by atoms with Crippen molar-refractivity contribution in [1.29, 1.82) is 0 Å². The molecule has 1 spiro atoms. The third kappa shape index (κ3) is 7.70. The Hall–Kier alpha value is -2.59. The van der Waals surface area contributed by atoms with Gasteiger partial charge < -0.3 is 15.2 Å². The monoisotopic (exact) mass is 512 g/mol. The zero-order chi connectivity index (χ0) is 25.6. The molecular formula is C25H31F3N2O4S. The Bertz CT molecular complexity index is 987. The molecule has 0 saturated carbocycles. The van der Waals surface area contributed by atoms with Gasteiger partial charge >= 0.3 is 12.1 Å². The molecule has 35 heavy (non-hydrogen) atoms. The van der Waals surface area contributed by atoms with Gasteiger partial charge in [0.15, 0.2) is 0 Å². The number of ether oxygens (including phenoxy) is 1. The fourth-order valence-corrected chi connectivity index (χ4v) is 5.33. The number of para-hydroxylation sites is 1. The molecule has 1 saturated heterocycles. The van der Waals surface area contributed by atoms with Crippen LogP contribution < -0.4 is 10.1 Å². The van der Waals surface area contributed by atoms with Crippen molar-refractivity contribution in [3.05, 3.63) is 52.2 Å². The number of nitrogens with zero attached hydrogens (tertiary/aromatic N) is 1. The number of thiophene rings is 1. The maximum atomic E-state index is 12.5. The number of hydrogen-bond donors (Lipinski definition) is 2. The predicted octanol–water partition coefficient (Wildman–Crippen LogP) is 5.20. The number of piperidine rings is 1. The molecule has 1 aromatic heterocycles. The number of carbonyl (C=O) groups is 2. The van der Waals surface area contributed by atoms with Gasteiger partial charge in [0, 0.05) is 42.9 Å². The van der Waals surface area contributed by atoms with Gasteiger partial charge in [-0.1, -0.05) is 24.3 Å². The molecule has 0 aliphatic carbocycles. The van der Waals surface area contributed by atoms with E-state index < -0.39 is 12.1 Å². The number of fused-ring (bicyclic) bond motifs is 1. The summed E-state index contributed by atoms with van der Waals surface area (Å²) in [6.45, 7) is 7.15. The van der Waals surface area contributed by atoms with Crippen molar-refractivity contribution in [3.63, 3.8) is 0 Å². The molecule has 4 rings (SSSR count). The van der Waals surface area contributed by atoms with Gasteiger partial charge in [-0.05, 0) is 56.2 Å². The summed E-state index contributed by atoms with van der Waals surface area (Å²) < 4.78 is 38.3. The first-order valence-electron chi connectivity index (χ1n) is 11.6. The predicted molar refractivity (Wildman–Crippen MR) is 128 cm³/mol. The molecule has 6 nitrogen and oxygen atoms in total. The molecule has 2 aliphatic heterocycles. The van der Waals surface area contributed by atoms with Crippen LogP contribution in [0.5, 0.6) is 5.75 Å². The zero-order valence-electron chi connectivity index (χ0n) is 19.8. The summed E-state index contributed by atoms with van der Waals surface area (Å²) >= 11 is 1.83. The van der Waals surface area contributed by atoms with Crippen molar-refractivity contribution in [2.45, 2.75) is 69.8 Å². The lowest BCUT2D eigenvalue weighted by molar-refractivity contribution is -0.192. The first-order chi connectivity index (χ1) is 16.5. The summed E-state index contributed by atoms with van der Waals surface area (Å²) in [5, 5.41) is 12.3.